The van der Waals surface area contributed by atoms with E-state index in [1.165, 1.54) is 14.9 Å². The molecule has 3 rings (SSSR count). The highest BCUT2D eigenvalue weighted by atomic mass is 79.9. The Balaban J connectivity index is 2.00. The molecule has 2 heterocycles. The van der Waals surface area contributed by atoms with Crippen molar-refractivity contribution in [3.05, 3.63) is 50.6 Å². The molecule has 19 heavy (non-hydrogen) atoms. The number of hydrogen-bond donors (Lipinski definition) is 1. The van der Waals surface area contributed by atoms with Gasteiger partial charge in [-0.1, -0.05) is 18.2 Å². The average molecular weight is 338 g/mol. The summed E-state index contributed by atoms with van der Waals surface area (Å²) in [6.07, 6.45) is 1.05. The largest absolute Gasteiger partial charge is 0.493 e. The molecule has 2 nitrogen and oxygen atoms in total. The van der Waals surface area contributed by atoms with Gasteiger partial charge in [-0.2, -0.15) is 0 Å². The lowest BCUT2D eigenvalue weighted by Crippen LogP contribution is -2.27. The minimum Gasteiger partial charge on any atom is -0.493 e. The first-order valence-electron chi connectivity index (χ1n) is 6.43. The van der Waals surface area contributed by atoms with Gasteiger partial charge in [0, 0.05) is 21.3 Å². The molecular formula is C15H16BrNOS. The van der Waals surface area contributed by atoms with E-state index in [1.807, 2.05) is 13.1 Å². The van der Waals surface area contributed by atoms with Gasteiger partial charge in [0.15, 0.2) is 0 Å². The molecule has 0 radical (unpaired) electrons. The van der Waals surface area contributed by atoms with Crippen LogP contribution in [-0.4, -0.2) is 13.7 Å². The van der Waals surface area contributed by atoms with Crippen LogP contribution in [-0.2, 0) is 0 Å². The third-order valence-corrected chi connectivity index (χ3v) is 5.60. The fraction of sp³-hybridized carbons (Fsp3) is 0.333. The first-order valence-corrected chi connectivity index (χ1v) is 8.10. The Bertz CT molecular complexity index is 569. The summed E-state index contributed by atoms with van der Waals surface area (Å²) in [5.41, 5.74) is 1.31. The van der Waals surface area contributed by atoms with Crippen molar-refractivity contribution in [3.63, 3.8) is 0 Å². The summed E-state index contributed by atoms with van der Waals surface area (Å²) < 4.78 is 6.96. The van der Waals surface area contributed by atoms with Gasteiger partial charge >= 0.3 is 0 Å². The molecular weight excluding hydrogens is 322 g/mol. The minimum absolute atomic E-state index is 0.333. The molecule has 1 N–H and O–H groups in total. The first kappa shape index (κ1) is 13.2. The standard InChI is InChI=1S/C15H16BrNOS/c1-17-14(15-12(16)7-9-19-15)11-6-8-18-13-5-3-2-4-10(11)13/h2-5,7,9,11,14,17H,6,8H2,1H3. The van der Waals surface area contributed by atoms with E-state index in [-0.39, 0.29) is 0 Å². The van der Waals surface area contributed by atoms with Crippen LogP contribution in [0.5, 0.6) is 5.75 Å². The van der Waals surface area contributed by atoms with Crippen LogP contribution in [0.1, 0.15) is 28.8 Å². The Morgan fingerprint density at radius 1 is 1.37 bits per heavy atom. The topological polar surface area (TPSA) is 21.3 Å². The van der Waals surface area contributed by atoms with Crippen LogP contribution in [0.25, 0.3) is 0 Å². The number of ether oxygens (including phenoxy) is 1. The summed E-state index contributed by atoms with van der Waals surface area (Å²) in [4.78, 5) is 1.37. The van der Waals surface area contributed by atoms with Crippen molar-refractivity contribution in [2.45, 2.75) is 18.4 Å². The molecule has 0 fully saturated rings. The van der Waals surface area contributed by atoms with Crippen LogP contribution >= 0.6 is 27.3 Å². The van der Waals surface area contributed by atoms with Gasteiger partial charge in [0.1, 0.15) is 5.75 Å². The van der Waals surface area contributed by atoms with Crippen LogP contribution < -0.4 is 10.1 Å². The molecule has 2 atom stereocenters. The third-order valence-electron chi connectivity index (χ3n) is 3.65. The molecule has 2 unspecified atom stereocenters. The zero-order valence-electron chi connectivity index (χ0n) is 10.7. The number of thiophene rings is 1. The number of halogens is 1. The summed E-state index contributed by atoms with van der Waals surface area (Å²) in [6.45, 7) is 0.794. The van der Waals surface area contributed by atoms with Gasteiger partial charge in [-0.15, -0.1) is 11.3 Å². The van der Waals surface area contributed by atoms with Gasteiger partial charge < -0.3 is 10.1 Å². The molecule has 100 valence electrons. The molecule has 0 amide bonds. The smallest absolute Gasteiger partial charge is 0.122 e. The molecule has 0 spiro atoms. The molecule has 2 aromatic rings. The summed E-state index contributed by atoms with van der Waals surface area (Å²) in [5.74, 6) is 1.50. The van der Waals surface area contributed by atoms with Crippen molar-refractivity contribution in [3.8, 4) is 5.75 Å². The van der Waals surface area contributed by atoms with Crippen molar-refractivity contribution >= 4 is 27.3 Å². The number of likely N-dealkylation sites (N-methyl/N-ethyl adjacent to an activating group) is 1. The fourth-order valence-corrected chi connectivity index (χ4v) is 4.55. The molecule has 1 aliphatic heterocycles. The Labute approximate surface area is 125 Å². The first-order chi connectivity index (χ1) is 9.31. The quantitative estimate of drug-likeness (QED) is 0.899. The van der Waals surface area contributed by atoms with E-state index < -0.39 is 0 Å². The van der Waals surface area contributed by atoms with E-state index in [4.69, 9.17) is 4.74 Å². The lowest BCUT2D eigenvalue weighted by Gasteiger charge is -2.32. The predicted octanol–water partition coefficient (Wildman–Crippen LogP) is 4.34. The highest BCUT2D eigenvalue weighted by Crippen LogP contribution is 2.44. The zero-order chi connectivity index (χ0) is 13.2. The van der Waals surface area contributed by atoms with Crippen LogP contribution in [0.3, 0.4) is 0 Å². The zero-order valence-corrected chi connectivity index (χ0v) is 13.1. The minimum atomic E-state index is 0.333. The maximum atomic E-state index is 5.76. The van der Waals surface area contributed by atoms with E-state index in [1.54, 1.807) is 11.3 Å². The van der Waals surface area contributed by atoms with Crippen LogP contribution in [0.15, 0.2) is 40.2 Å². The molecule has 1 aliphatic rings. The predicted molar refractivity (Wildman–Crippen MR) is 83.1 cm³/mol. The molecule has 0 saturated heterocycles. The number of nitrogens with one attached hydrogen (secondary N) is 1. The Hall–Kier alpha value is -0.840. The molecule has 1 aromatic heterocycles. The van der Waals surface area contributed by atoms with Crippen molar-refractivity contribution in [2.75, 3.05) is 13.7 Å². The Morgan fingerprint density at radius 3 is 2.95 bits per heavy atom. The highest BCUT2D eigenvalue weighted by molar-refractivity contribution is 9.10. The number of para-hydroxylation sites is 1. The van der Waals surface area contributed by atoms with Crippen LogP contribution in [0, 0.1) is 0 Å². The SMILES string of the molecule is CNC(c1sccc1Br)C1CCOc2ccccc21. The number of fused-ring (bicyclic) bond motifs is 1. The highest BCUT2D eigenvalue weighted by Gasteiger charge is 2.30. The van der Waals surface area contributed by atoms with Crippen molar-refractivity contribution in [1.82, 2.24) is 5.32 Å². The maximum Gasteiger partial charge on any atom is 0.122 e. The van der Waals surface area contributed by atoms with Crippen LogP contribution in [0.2, 0.25) is 0 Å². The van der Waals surface area contributed by atoms with Crippen molar-refractivity contribution in [2.24, 2.45) is 0 Å². The van der Waals surface area contributed by atoms with E-state index in [9.17, 15) is 0 Å². The molecule has 0 bridgehead atoms. The van der Waals surface area contributed by atoms with E-state index in [0.29, 0.717) is 12.0 Å². The summed E-state index contributed by atoms with van der Waals surface area (Å²) in [5, 5.41) is 5.61. The number of benzene rings is 1. The second-order valence-electron chi connectivity index (χ2n) is 4.68. The van der Waals surface area contributed by atoms with Gasteiger partial charge in [-0.3, -0.25) is 0 Å². The molecule has 4 heteroatoms. The summed E-state index contributed by atoms with van der Waals surface area (Å²) in [6, 6.07) is 10.8. The second kappa shape index (κ2) is 5.65. The molecule has 0 saturated carbocycles. The molecule has 0 aliphatic carbocycles. The number of hydrogen-bond acceptors (Lipinski definition) is 3. The second-order valence-corrected chi connectivity index (χ2v) is 6.48. The number of rotatable bonds is 3. The van der Waals surface area contributed by atoms with Gasteiger partial charge in [-0.05, 0) is 52.5 Å². The van der Waals surface area contributed by atoms with Gasteiger partial charge in [0.2, 0.25) is 0 Å². The fourth-order valence-electron chi connectivity index (χ4n) is 2.76. The monoisotopic (exact) mass is 337 g/mol. The van der Waals surface area contributed by atoms with Gasteiger partial charge in [0.05, 0.1) is 6.61 Å². The van der Waals surface area contributed by atoms with Gasteiger partial charge in [-0.25, -0.2) is 0 Å². The van der Waals surface area contributed by atoms with E-state index in [0.717, 1.165) is 18.8 Å². The van der Waals surface area contributed by atoms with Crippen LogP contribution in [0.4, 0.5) is 0 Å². The summed E-state index contributed by atoms with van der Waals surface area (Å²) >= 11 is 5.45. The average Bonchev–Trinajstić information content (AvgIpc) is 2.86. The van der Waals surface area contributed by atoms with E-state index >= 15 is 0 Å². The van der Waals surface area contributed by atoms with Gasteiger partial charge in [0.25, 0.3) is 0 Å². The molecule has 1 aromatic carbocycles. The lowest BCUT2D eigenvalue weighted by molar-refractivity contribution is 0.249. The van der Waals surface area contributed by atoms with E-state index in [2.05, 4.69) is 50.9 Å². The van der Waals surface area contributed by atoms with Crippen molar-refractivity contribution in [1.29, 1.82) is 0 Å². The summed E-state index contributed by atoms with van der Waals surface area (Å²) in [7, 11) is 2.04. The third kappa shape index (κ3) is 2.45. The van der Waals surface area contributed by atoms with Crippen molar-refractivity contribution < 1.29 is 4.74 Å². The Kier molecular flexibility index (Phi) is 3.91. The maximum absolute atomic E-state index is 5.76. The lowest BCUT2D eigenvalue weighted by atomic mass is 9.86. The Morgan fingerprint density at radius 2 is 2.21 bits per heavy atom. The normalized spacial score (nSPS) is 19.6.